The summed E-state index contributed by atoms with van der Waals surface area (Å²) in [6.07, 6.45) is 1.87. The van der Waals surface area contributed by atoms with Gasteiger partial charge in [-0.2, -0.15) is 0 Å². The molecule has 6 rings (SSSR count). The van der Waals surface area contributed by atoms with Crippen LogP contribution >= 0.6 is 0 Å². The zero-order valence-electron chi connectivity index (χ0n) is 20.5. The molecule has 0 saturated heterocycles. The van der Waals surface area contributed by atoms with Crippen molar-refractivity contribution in [2.75, 3.05) is 6.61 Å². The molecule has 0 saturated carbocycles. The molecule has 2 aliphatic heterocycles. The van der Waals surface area contributed by atoms with Crippen molar-refractivity contribution in [3.05, 3.63) is 61.7 Å². The van der Waals surface area contributed by atoms with Crippen LogP contribution in [0.5, 0.6) is 0 Å². The first-order valence-corrected chi connectivity index (χ1v) is 12.4. The molecule has 9 nitrogen and oxygen atoms in total. The number of cyclic esters (lactones) is 1. The predicted molar refractivity (Wildman–Crippen MR) is 130 cm³/mol. The smallest absolute Gasteiger partial charge is 0.343 e. The zero-order chi connectivity index (χ0) is 26.2. The molecule has 1 amide bonds. The summed E-state index contributed by atoms with van der Waals surface area (Å²) < 4.78 is 21.7. The topological polar surface area (TPSA) is 131 Å². The molecule has 10 heteroatoms. The second-order valence-corrected chi connectivity index (χ2v) is 9.98. The fourth-order valence-electron chi connectivity index (χ4n) is 6.13. The van der Waals surface area contributed by atoms with Crippen LogP contribution in [0.2, 0.25) is 0 Å². The van der Waals surface area contributed by atoms with Gasteiger partial charge in [0, 0.05) is 22.6 Å². The maximum atomic E-state index is 15.0. The Morgan fingerprint density at radius 2 is 2.08 bits per heavy atom. The third kappa shape index (κ3) is 3.21. The number of fused-ring (bicyclic) bond motifs is 5. The SMILES string of the molecule is CC[C@@]1(O)C(=O)OCc2c1cc1n(c2=O)Cc2c-1nc1cc(F)c(C)c3c1c2C(NC(=O)CO)CCC3. The molecule has 0 radical (unpaired) electrons. The lowest BCUT2D eigenvalue weighted by molar-refractivity contribution is -0.172. The molecular weight excluding hydrogens is 481 g/mol. The second kappa shape index (κ2) is 8.19. The monoisotopic (exact) mass is 507 g/mol. The molecule has 4 heterocycles. The molecule has 3 N–H and O–H groups in total. The van der Waals surface area contributed by atoms with Crippen molar-refractivity contribution < 1.29 is 28.9 Å². The van der Waals surface area contributed by atoms with Crippen molar-refractivity contribution in [2.24, 2.45) is 0 Å². The number of halogens is 1. The van der Waals surface area contributed by atoms with Gasteiger partial charge in [0.2, 0.25) is 5.91 Å². The molecule has 192 valence electrons. The molecular formula is C27H26FN3O6. The van der Waals surface area contributed by atoms with E-state index in [1.54, 1.807) is 19.9 Å². The number of esters is 1. The summed E-state index contributed by atoms with van der Waals surface area (Å²) in [5, 5.41) is 24.2. The van der Waals surface area contributed by atoms with E-state index in [-0.39, 0.29) is 36.5 Å². The second-order valence-electron chi connectivity index (χ2n) is 9.98. The molecule has 1 aromatic carbocycles. The summed E-state index contributed by atoms with van der Waals surface area (Å²) in [4.78, 5) is 43.1. The number of nitrogens with zero attached hydrogens (tertiary/aromatic N) is 2. The minimum absolute atomic E-state index is 0.0219. The minimum Gasteiger partial charge on any atom is -0.458 e. The standard InChI is InChI=1S/C27H26FN3O6/c1-3-27(36)16-7-20-24-14(9-31(20)25(34)15(16)11-37-26(27)35)23-18(29-21(33)10-32)6-4-5-13-12(2)17(28)8-19(30-24)22(13)23/h7-8,18,32,36H,3-6,9-11H2,1-2H3,(H,29,33)/t18?,27-/m0/s1. The van der Waals surface area contributed by atoms with Gasteiger partial charge in [-0.15, -0.1) is 0 Å². The number of carbonyl (C=O) groups excluding carboxylic acids is 2. The number of hydrogen-bond donors (Lipinski definition) is 3. The number of aromatic nitrogens is 2. The van der Waals surface area contributed by atoms with Crippen LogP contribution in [0.1, 0.15) is 65.6 Å². The highest BCUT2D eigenvalue weighted by molar-refractivity contribution is 5.93. The van der Waals surface area contributed by atoms with Crippen molar-refractivity contribution in [3.63, 3.8) is 0 Å². The van der Waals surface area contributed by atoms with Gasteiger partial charge in [-0.05, 0) is 55.4 Å². The fraction of sp³-hybridized carbons (Fsp3) is 0.407. The van der Waals surface area contributed by atoms with E-state index in [1.807, 2.05) is 0 Å². The number of amides is 1. The molecule has 3 aliphatic rings. The maximum Gasteiger partial charge on any atom is 0.343 e. The first-order chi connectivity index (χ1) is 17.7. The van der Waals surface area contributed by atoms with Crippen LogP contribution < -0.4 is 10.9 Å². The first kappa shape index (κ1) is 23.7. The molecule has 2 aromatic heterocycles. The summed E-state index contributed by atoms with van der Waals surface area (Å²) >= 11 is 0. The van der Waals surface area contributed by atoms with Crippen molar-refractivity contribution >= 4 is 22.8 Å². The van der Waals surface area contributed by atoms with Gasteiger partial charge >= 0.3 is 5.97 Å². The lowest BCUT2D eigenvalue weighted by atomic mass is 9.86. The van der Waals surface area contributed by atoms with E-state index < -0.39 is 35.7 Å². The summed E-state index contributed by atoms with van der Waals surface area (Å²) in [7, 11) is 0. The van der Waals surface area contributed by atoms with Crippen LogP contribution in [0.3, 0.4) is 0 Å². The van der Waals surface area contributed by atoms with E-state index in [1.165, 1.54) is 10.6 Å². The lowest BCUT2D eigenvalue weighted by Crippen LogP contribution is -2.44. The lowest BCUT2D eigenvalue weighted by Gasteiger charge is -2.31. The third-order valence-electron chi connectivity index (χ3n) is 8.09. The summed E-state index contributed by atoms with van der Waals surface area (Å²) in [5.41, 5.74) is 2.15. The van der Waals surface area contributed by atoms with Gasteiger partial charge in [0.15, 0.2) is 5.60 Å². The number of aliphatic hydroxyl groups excluding tert-OH is 1. The Hall–Kier alpha value is -3.63. The number of aryl methyl sites for hydroxylation is 1. The van der Waals surface area contributed by atoms with Crippen molar-refractivity contribution in [2.45, 2.75) is 64.3 Å². The highest BCUT2D eigenvalue weighted by Gasteiger charge is 2.45. The highest BCUT2D eigenvalue weighted by Crippen LogP contribution is 2.45. The largest absolute Gasteiger partial charge is 0.458 e. The van der Waals surface area contributed by atoms with Gasteiger partial charge in [0.05, 0.1) is 35.1 Å². The molecule has 37 heavy (non-hydrogen) atoms. The van der Waals surface area contributed by atoms with E-state index >= 15 is 0 Å². The Labute approximate surface area is 210 Å². The number of hydrogen-bond acceptors (Lipinski definition) is 7. The maximum absolute atomic E-state index is 15.0. The zero-order valence-corrected chi connectivity index (χ0v) is 20.5. The number of ether oxygens (including phenoxy) is 1. The molecule has 1 unspecified atom stereocenters. The Balaban J connectivity index is 1.68. The Morgan fingerprint density at radius 1 is 1.30 bits per heavy atom. The number of benzene rings is 1. The average molecular weight is 508 g/mol. The number of pyridine rings is 2. The quantitative estimate of drug-likeness (QED) is 0.362. The Bertz CT molecular complexity index is 1600. The van der Waals surface area contributed by atoms with E-state index in [4.69, 9.17) is 9.72 Å². The summed E-state index contributed by atoms with van der Waals surface area (Å²) in [6.45, 7) is 2.62. The number of aliphatic hydroxyl groups is 2. The van der Waals surface area contributed by atoms with Gasteiger partial charge in [0.1, 0.15) is 19.0 Å². The van der Waals surface area contributed by atoms with Crippen LogP contribution in [0.4, 0.5) is 4.39 Å². The van der Waals surface area contributed by atoms with Crippen molar-refractivity contribution in [3.8, 4) is 11.4 Å². The third-order valence-corrected chi connectivity index (χ3v) is 8.09. The first-order valence-electron chi connectivity index (χ1n) is 12.4. The normalized spacial score (nSPS) is 21.6. The van der Waals surface area contributed by atoms with E-state index in [9.17, 15) is 29.0 Å². The molecule has 3 aromatic rings. The van der Waals surface area contributed by atoms with Gasteiger partial charge in [-0.1, -0.05) is 6.92 Å². The van der Waals surface area contributed by atoms with Gasteiger partial charge < -0.3 is 24.8 Å². The molecule has 0 fully saturated rings. The van der Waals surface area contributed by atoms with Gasteiger partial charge in [-0.25, -0.2) is 14.2 Å². The van der Waals surface area contributed by atoms with Gasteiger partial charge in [0.25, 0.3) is 5.56 Å². The fourth-order valence-corrected chi connectivity index (χ4v) is 6.13. The van der Waals surface area contributed by atoms with Crippen molar-refractivity contribution in [1.29, 1.82) is 0 Å². The van der Waals surface area contributed by atoms with E-state index in [2.05, 4.69) is 5.32 Å². The number of carbonyl (C=O) groups is 2. The Morgan fingerprint density at radius 3 is 2.81 bits per heavy atom. The summed E-state index contributed by atoms with van der Waals surface area (Å²) in [6, 6.07) is 2.51. The summed E-state index contributed by atoms with van der Waals surface area (Å²) in [5.74, 6) is -1.72. The highest BCUT2D eigenvalue weighted by atomic mass is 19.1. The molecule has 0 spiro atoms. The molecule has 2 atom stereocenters. The molecule has 0 bridgehead atoms. The van der Waals surface area contributed by atoms with Crippen molar-refractivity contribution in [1.82, 2.24) is 14.9 Å². The average Bonchev–Trinajstić information content (AvgIpc) is 3.14. The number of rotatable bonds is 3. The predicted octanol–water partition coefficient (Wildman–Crippen LogP) is 2.01. The van der Waals surface area contributed by atoms with Crippen LogP contribution in [-0.2, 0) is 39.5 Å². The van der Waals surface area contributed by atoms with E-state index in [0.29, 0.717) is 41.7 Å². The van der Waals surface area contributed by atoms with E-state index in [0.717, 1.165) is 22.1 Å². The number of nitrogens with one attached hydrogen (secondary N) is 1. The van der Waals surface area contributed by atoms with Gasteiger partial charge in [-0.3, -0.25) is 9.59 Å². The van der Waals surface area contributed by atoms with Crippen LogP contribution in [0, 0.1) is 12.7 Å². The molecule has 1 aliphatic carbocycles. The minimum atomic E-state index is -1.96. The van der Waals surface area contributed by atoms with Crippen LogP contribution in [-0.4, -0.2) is 38.2 Å². The Kier molecular flexibility index (Phi) is 5.26. The van der Waals surface area contributed by atoms with Crippen LogP contribution in [0.15, 0.2) is 16.9 Å². The van der Waals surface area contributed by atoms with Crippen LogP contribution in [0.25, 0.3) is 22.3 Å².